The molecule has 3 aliphatic heterocycles. The van der Waals surface area contributed by atoms with Gasteiger partial charge in [0.05, 0.1) is 19.6 Å². The van der Waals surface area contributed by atoms with Gasteiger partial charge in [0.25, 0.3) is 0 Å². The molecule has 34 heavy (non-hydrogen) atoms. The maximum atomic E-state index is 13.5. The molecule has 2 bridgehead atoms. The van der Waals surface area contributed by atoms with Crippen molar-refractivity contribution in [3.05, 3.63) is 96.3 Å². The van der Waals surface area contributed by atoms with Crippen LogP contribution in [0.5, 0.6) is 0 Å². The molecule has 0 N–H and O–H groups in total. The third-order valence-electron chi connectivity index (χ3n) is 7.08. The van der Waals surface area contributed by atoms with E-state index in [2.05, 4.69) is 24.3 Å². The second-order valence-corrected chi connectivity index (χ2v) is 10.4. The van der Waals surface area contributed by atoms with E-state index in [4.69, 9.17) is 4.74 Å². The Morgan fingerprint density at radius 3 is 2.26 bits per heavy atom. The fourth-order valence-electron chi connectivity index (χ4n) is 5.10. The van der Waals surface area contributed by atoms with Gasteiger partial charge in [-0.2, -0.15) is 0 Å². The number of hydrogen-bond donors (Lipinski definition) is 0. The van der Waals surface area contributed by atoms with E-state index in [1.807, 2.05) is 48.2 Å². The first-order valence-electron chi connectivity index (χ1n) is 11.9. The molecule has 6 rings (SSSR count). The maximum Gasteiger partial charge on any atom is 0.415 e. The molecule has 6 heteroatoms. The van der Waals surface area contributed by atoms with Crippen LogP contribution in [-0.2, 0) is 11.3 Å². The van der Waals surface area contributed by atoms with Crippen LogP contribution in [0.25, 0.3) is 0 Å². The quantitative estimate of drug-likeness (QED) is 0.294. The van der Waals surface area contributed by atoms with Crippen LogP contribution in [0.2, 0.25) is 0 Å². The third-order valence-corrected chi connectivity index (χ3v) is 8.37. The van der Waals surface area contributed by atoms with Crippen molar-refractivity contribution in [3.8, 4) is 0 Å². The number of piperidine rings is 3. The fraction of sp³-hybridized carbons (Fsp3) is 0.321. The summed E-state index contributed by atoms with van der Waals surface area (Å²) in [6.07, 6.45) is 1.78. The number of amides is 1. The number of halogens is 1. The summed E-state index contributed by atoms with van der Waals surface area (Å²) in [6.45, 7) is 3.51. The molecule has 3 fully saturated rings. The SMILES string of the molecule is O=C(O[C@H]1C[N+]2(CSc3ccccc3)CCC1CC2)N(Cc1ccc(F)cc1)c1ccccc1. The minimum atomic E-state index is -0.330. The molecule has 0 saturated carbocycles. The van der Waals surface area contributed by atoms with Crippen molar-refractivity contribution in [2.24, 2.45) is 5.92 Å². The van der Waals surface area contributed by atoms with E-state index < -0.39 is 0 Å². The zero-order valence-corrected chi connectivity index (χ0v) is 20.0. The topological polar surface area (TPSA) is 29.5 Å². The lowest BCUT2D eigenvalue weighted by molar-refractivity contribution is -0.934. The van der Waals surface area contributed by atoms with Gasteiger partial charge in [0, 0.05) is 29.3 Å². The molecule has 3 aromatic carbocycles. The summed E-state index contributed by atoms with van der Waals surface area (Å²) < 4.78 is 20.6. The molecular weight excluding hydrogens is 447 g/mol. The lowest BCUT2D eigenvalue weighted by Crippen LogP contribution is -2.64. The molecule has 3 aromatic rings. The number of rotatable bonds is 7. The van der Waals surface area contributed by atoms with Crippen molar-refractivity contribution in [3.63, 3.8) is 0 Å². The average molecular weight is 478 g/mol. The van der Waals surface area contributed by atoms with E-state index in [1.165, 1.54) is 17.0 Å². The first-order chi connectivity index (χ1) is 16.6. The Hall–Kier alpha value is -2.83. The van der Waals surface area contributed by atoms with Crippen LogP contribution in [0, 0.1) is 11.7 Å². The maximum absolute atomic E-state index is 13.5. The highest BCUT2D eigenvalue weighted by Gasteiger charge is 2.48. The summed E-state index contributed by atoms with van der Waals surface area (Å²) in [5, 5.41) is 0. The number of anilines is 1. The number of thioether (sulfide) groups is 1. The van der Waals surface area contributed by atoms with Gasteiger partial charge in [-0.1, -0.05) is 60.3 Å². The van der Waals surface area contributed by atoms with Crippen molar-refractivity contribution in [2.45, 2.75) is 30.4 Å². The predicted molar refractivity (Wildman–Crippen MR) is 134 cm³/mol. The number of carbonyl (C=O) groups excluding carboxylic acids is 1. The molecule has 176 valence electrons. The van der Waals surface area contributed by atoms with Crippen molar-refractivity contribution in [2.75, 3.05) is 30.4 Å². The Labute approximate surface area is 204 Å². The molecular formula is C28H30FN2O2S+. The molecule has 4 nitrogen and oxygen atoms in total. The molecule has 3 aliphatic rings. The number of fused-ring (bicyclic) bond motifs is 3. The Balaban J connectivity index is 1.29. The van der Waals surface area contributed by atoms with Crippen LogP contribution in [0.1, 0.15) is 18.4 Å². The monoisotopic (exact) mass is 477 g/mol. The van der Waals surface area contributed by atoms with Gasteiger partial charge in [-0.15, -0.1) is 0 Å². The number of para-hydroxylation sites is 1. The van der Waals surface area contributed by atoms with E-state index in [-0.39, 0.29) is 18.0 Å². The van der Waals surface area contributed by atoms with Gasteiger partial charge < -0.3 is 9.22 Å². The van der Waals surface area contributed by atoms with Crippen LogP contribution >= 0.6 is 11.8 Å². The zero-order valence-electron chi connectivity index (χ0n) is 19.2. The van der Waals surface area contributed by atoms with Crippen molar-refractivity contribution in [1.82, 2.24) is 0 Å². The van der Waals surface area contributed by atoms with Crippen LogP contribution in [0.3, 0.4) is 0 Å². The number of nitrogens with zero attached hydrogens (tertiary/aromatic N) is 2. The lowest BCUT2D eigenvalue weighted by Gasteiger charge is -2.51. The van der Waals surface area contributed by atoms with Gasteiger partial charge in [0.15, 0.2) is 6.10 Å². The molecule has 1 amide bonds. The summed E-state index contributed by atoms with van der Waals surface area (Å²) in [5.41, 5.74) is 1.64. The fourth-order valence-corrected chi connectivity index (χ4v) is 6.23. The van der Waals surface area contributed by atoms with E-state index in [9.17, 15) is 9.18 Å². The Morgan fingerprint density at radius 2 is 1.59 bits per heavy atom. The standard InChI is InChI=1S/C28H30FN2O2S/c29-24-13-11-22(12-14-24)19-30(25-7-3-1-4-8-25)28(32)33-27-20-31(17-15-23(27)16-18-31)21-34-26-9-5-2-6-10-26/h1-14,23,27H,15-21H2/q+1/t23?,27-,31?/m0/s1. The Morgan fingerprint density at radius 1 is 0.941 bits per heavy atom. The second kappa shape index (κ2) is 10.2. The summed E-state index contributed by atoms with van der Waals surface area (Å²) in [4.78, 5) is 16.4. The van der Waals surface area contributed by atoms with Crippen LogP contribution in [0.4, 0.5) is 14.9 Å². The molecule has 0 spiro atoms. The van der Waals surface area contributed by atoms with E-state index in [0.717, 1.165) is 54.1 Å². The molecule has 0 radical (unpaired) electrons. The first-order valence-corrected chi connectivity index (χ1v) is 12.9. The normalized spacial score (nSPS) is 23.4. The van der Waals surface area contributed by atoms with Crippen molar-refractivity contribution < 1.29 is 18.4 Å². The summed E-state index contributed by atoms with van der Waals surface area (Å²) in [7, 11) is 0. The number of quaternary nitrogens is 1. The number of carbonyl (C=O) groups is 1. The summed E-state index contributed by atoms with van der Waals surface area (Å²) in [5.74, 6) is 1.14. The Bertz CT molecular complexity index is 1090. The number of hydrogen-bond acceptors (Lipinski definition) is 3. The van der Waals surface area contributed by atoms with Crippen molar-refractivity contribution in [1.29, 1.82) is 0 Å². The minimum absolute atomic E-state index is 0.0780. The molecule has 3 heterocycles. The largest absolute Gasteiger partial charge is 0.440 e. The Kier molecular flexibility index (Phi) is 6.88. The van der Waals surface area contributed by atoms with Gasteiger partial charge in [0.2, 0.25) is 0 Å². The molecule has 3 saturated heterocycles. The predicted octanol–water partition coefficient (Wildman–Crippen LogP) is 6.33. The first kappa shape index (κ1) is 22.9. The van der Waals surface area contributed by atoms with Crippen LogP contribution < -0.4 is 4.90 Å². The highest BCUT2D eigenvalue weighted by Crippen LogP contribution is 2.38. The molecule has 0 unspecified atom stereocenters. The van der Waals surface area contributed by atoms with E-state index in [0.29, 0.717) is 12.5 Å². The highest BCUT2D eigenvalue weighted by atomic mass is 32.2. The van der Waals surface area contributed by atoms with Gasteiger partial charge in [0.1, 0.15) is 18.2 Å². The summed E-state index contributed by atoms with van der Waals surface area (Å²) in [6, 6.07) is 26.4. The molecule has 0 aliphatic carbocycles. The number of ether oxygens (including phenoxy) is 1. The van der Waals surface area contributed by atoms with Crippen LogP contribution in [0.15, 0.2) is 89.8 Å². The van der Waals surface area contributed by atoms with Gasteiger partial charge in [-0.3, -0.25) is 4.90 Å². The lowest BCUT2D eigenvalue weighted by atomic mass is 9.84. The molecule has 1 atom stereocenters. The third kappa shape index (κ3) is 5.29. The van der Waals surface area contributed by atoms with Crippen molar-refractivity contribution >= 4 is 23.5 Å². The summed E-state index contributed by atoms with van der Waals surface area (Å²) >= 11 is 1.89. The second-order valence-electron chi connectivity index (χ2n) is 9.37. The number of benzene rings is 3. The van der Waals surface area contributed by atoms with E-state index in [1.54, 1.807) is 17.0 Å². The molecule has 0 aromatic heterocycles. The van der Waals surface area contributed by atoms with Gasteiger partial charge in [-0.05, 0) is 42.0 Å². The van der Waals surface area contributed by atoms with Gasteiger partial charge >= 0.3 is 6.09 Å². The smallest absolute Gasteiger partial charge is 0.415 e. The van der Waals surface area contributed by atoms with Crippen LogP contribution in [-0.4, -0.2) is 42.2 Å². The average Bonchev–Trinajstić information content (AvgIpc) is 2.89. The van der Waals surface area contributed by atoms with E-state index >= 15 is 0 Å². The highest BCUT2D eigenvalue weighted by molar-refractivity contribution is 7.99. The van der Waals surface area contributed by atoms with Gasteiger partial charge in [-0.25, -0.2) is 9.18 Å². The minimum Gasteiger partial charge on any atom is -0.440 e. The zero-order chi connectivity index (χ0) is 23.4.